The van der Waals surface area contributed by atoms with Crippen LogP contribution in [0.1, 0.15) is 40.2 Å². The second kappa shape index (κ2) is 10.4. The number of phenols is 1. The molecule has 0 spiro atoms. The highest BCUT2D eigenvalue weighted by atomic mass is 79.9. The van der Waals surface area contributed by atoms with E-state index in [1.54, 1.807) is 48.5 Å². The molecule has 2 amide bonds. The number of hydrogen-bond acceptors (Lipinski definition) is 6. The zero-order chi connectivity index (χ0) is 30.9. The minimum absolute atomic E-state index is 0.0737. The number of anilines is 1. The van der Waals surface area contributed by atoms with E-state index in [9.17, 15) is 33.5 Å². The quantitative estimate of drug-likeness (QED) is 0.167. The largest absolute Gasteiger partial charge is 0.505 e. The highest BCUT2D eigenvalue weighted by molar-refractivity contribution is 9.12. The average molecular weight is 652 g/mol. The first-order valence-electron chi connectivity index (χ1n) is 14.1. The molecule has 4 aliphatic rings. The maximum Gasteiger partial charge on any atom is 0.238 e. The molecule has 44 heavy (non-hydrogen) atoms. The number of Topliss-reactive ketones (excluding diaryl/α,β-unsaturated/α-hetero) is 1. The number of benzene rings is 3. The van der Waals surface area contributed by atoms with Crippen LogP contribution in [0.15, 0.2) is 106 Å². The lowest BCUT2D eigenvalue weighted by molar-refractivity contribution is -0.123. The number of rotatable bonds is 4. The number of allylic oxidation sites excluding steroid dienone is 6. The predicted octanol–water partition coefficient (Wildman–Crippen LogP) is 5.73. The number of fused-ring (bicyclic) bond motifs is 3. The summed E-state index contributed by atoms with van der Waals surface area (Å²) in [5.74, 6) is -6.12. The minimum Gasteiger partial charge on any atom is -0.505 e. The predicted molar refractivity (Wildman–Crippen MR) is 161 cm³/mol. The summed E-state index contributed by atoms with van der Waals surface area (Å²) in [5.41, 5.74) is 2.75. The van der Waals surface area contributed by atoms with Crippen LogP contribution in [0.4, 0.5) is 10.1 Å². The van der Waals surface area contributed by atoms with E-state index in [1.807, 2.05) is 12.1 Å². The molecule has 3 aromatic rings. The van der Waals surface area contributed by atoms with Gasteiger partial charge in [0.25, 0.3) is 0 Å². The van der Waals surface area contributed by atoms with Gasteiger partial charge >= 0.3 is 0 Å². The van der Waals surface area contributed by atoms with E-state index in [0.717, 1.165) is 11.0 Å². The third kappa shape index (κ3) is 4.25. The van der Waals surface area contributed by atoms with Crippen LogP contribution >= 0.6 is 15.9 Å². The Bertz CT molecular complexity index is 1910. The van der Waals surface area contributed by atoms with E-state index in [0.29, 0.717) is 28.0 Å². The van der Waals surface area contributed by atoms with Crippen molar-refractivity contribution in [3.05, 3.63) is 129 Å². The molecule has 9 heteroatoms. The van der Waals surface area contributed by atoms with Gasteiger partial charge < -0.3 is 5.11 Å². The lowest BCUT2D eigenvalue weighted by atomic mass is 9.59. The van der Waals surface area contributed by atoms with Gasteiger partial charge in [0, 0.05) is 34.3 Å². The molecule has 1 fully saturated rings. The van der Waals surface area contributed by atoms with Crippen molar-refractivity contribution in [2.24, 2.45) is 17.8 Å². The van der Waals surface area contributed by atoms with Gasteiger partial charge in [-0.25, -0.2) is 4.39 Å². The van der Waals surface area contributed by atoms with Gasteiger partial charge in [-0.1, -0.05) is 48.0 Å². The maximum atomic E-state index is 14.6. The third-order valence-electron chi connectivity index (χ3n) is 9.06. The summed E-state index contributed by atoms with van der Waals surface area (Å²) in [6.45, 7) is 0. The molecule has 4 unspecified atom stereocenters. The van der Waals surface area contributed by atoms with Gasteiger partial charge in [-0.05, 0) is 76.7 Å². The molecule has 7 nitrogen and oxygen atoms in total. The molecular weight excluding hydrogens is 629 g/mol. The number of hydrogen-bond donors (Lipinski definition) is 1. The van der Waals surface area contributed by atoms with Crippen molar-refractivity contribution in [3.63, 3.8) is 0 Å². The van der Waals surface area contributed by atoms with Crippen LogP contribution in [0.2, 0.25) is 0 Å². The van der Waals surface area contributed by atoms with Crippen LogP contribution in [0, 0.1) is 23.6 Å². The molecule has 7 rings (SSSR count). The average Bonchev–Trinajstić information content (AvgIpc) is 3.29. The molecule has 1 saturated heterocycles. The Labute approximate surface area is 259 Å². The van der Waals surface area contributed by atoms with Crippen molar-refractivity contribution in [1.29, 1.82) is 0 Å². The number of carbonyl (C=O) groups excluding carboxylic acids is 5. The van der Waals surface area contributed by atoms with Crippen molar-refractivity contribution in [2.75, 3.05) is 4.90 Å². The number of amides is 2. The number of halogens is 2. The standard InChI is InChI=1S/C35H23BrFNO6/c36-25-16-28(40)31-24(33(25)42)15-23-21(29(31)19-8-13-27(39)26(37)14-19)11-12-22-30(23)35(44)38(34(22)43)20-9-6-18(7-10-20)32(41)17-4-2-1-3-5-17/h1-11,13-14,16,22-23,29-30,39H,12,15H2. The Kier molecular flexibility index (Phi) is 6.66. The lowest BCUT2D eigenvalue weighted by Crippen LogP contribution is -2.39. The fraction of sp³-hybridized carbons (Fsp3) is 0.171. The minimum atomic E-state index is -0.875. The van der Waals surface area contributed by atoms with Gasteiger partial charge in [-0.3, -0.25) is 28.9 Å². The Balaban J connectivity index is 1.26. The van der Waals surface area contributed by atoms with Crippen LogP contribution in [0.5, 0.6) is 5.75 Å². The third-order valence-corrected chi connectivity index (χ3v) is 9.65. The Hall–Kier alpha value is -4.76. The summed E-state index contributed by atoms with van der Waals surface area (Å²) >= 11 is 3.19. The maximum absolute atomic E-state index is 14.6. The first kappa shape index (κ1) is 28.0. The highest BCUT2D eigenvalue weighted by Gasteiger charge is 2.56. The molecule has 0 aromatic heterocycles. The molecule has 4 atom stereocenters. The molecule has 218 valence electrons. The van der Waals surface area contributed by atoms with Gasteiger partial charge in [0.15, 0.2) is 28.9 Å². The molecule has 0 saturated carbocycles. The van der Waals surface area contributed by atoms with Gasteiger partial charge in [0.1, 0.15) is 0 Å². The van der Waals surface area contributed by atoms with Crippen molar-refractivity contribution in [3.8, 4) is 5.75 Å². The topological polar surface area (TPSA) is 109 Å². The summed E-state index contributed by atoms with van der Waals surface area (Å²) in [6.07, 6.45) is 3.34. The monoisotopic (exact) mass is 651 g/mol. The van der Waals surface area contributed by atoms with Crippen LogP contribution in [0.25, 0.3) is 0 Å². The Morgan fingerprint density at radius 3 is 2.30 bits per heavy atom. The number of aromatic hydroxyl groups is 1. The van der Waals surface area contributed by atoms with Crippen molar-refractivity contribution < 1.29 is 33.5 Å². The summed E-state index contributed by atoms with van der Waals surface area (Å²) in [6, 6.07) is 18.9. The number of nitrogens with zero attached hydrogens (tertiary/aromatic N) is 1. The SMILES string of the molecule is O=C1C=C(Br)C(=O)C2=C1C(c1ccc(O)c(F)c1)C1=CCC3C(=O)N(c4ccc(C(=O)c5ccccc5)cc4)C(=O)C3C1C2. The number of phenolic OH excluding ortho intramolecular Hbond substituents is 1. The Morgan fingerprint density at radius 2 is 1.59 bits per heavy atom. The number of carbonyl (C=O) groups is 5. The van der Waals surface area contributed by atoms with Gasteiger partial charge in [0.2, 0.25) is 11.8 Å². The first-order valence-corrected chi connectivity index (χ1v) is 14.9. The highest BCUT2D eigenvalue weighted by Crippen LogP contribution is 2.55. The van der Waals surface area contributed by atoms with Crippen LogP contribution in [0.3, 0.4) is 0 Å². The molecule has 0 bridgehead atoms. The second-order valence-electron chi connectivity index (χ2n) is 11.4. The molecule has 0 radical (unpaired) electrons. The molecule has 3 aromatic carbocycles. The van der Waals surface area contributed by atoms with E-state index in [2.05, 4.69) is 15.9 Å². The second-order valence-corrected chi connectivity index (χ2v) is 12.2. The van der Waals surface area contributed by atoms with Gasteiger partial charge in [-0.2, -0.15) is 0 Å². The van der Waals surface area contributed by atoms with E-state index in [4.69, 9.17) is 0 Å². The molecule has 1 aliphatic heterocycles. The van der Waals surface area contributed by atoms with E-state index < -0.39 is 52.7 Å². The summed E-state index contributed by atoms with van der Waals surface area (Å²) in [7, 11) is 0. The smallest absolute Gasteiger partial charge is 0.238 e. The molecule has 3 aliphatic carbocycles. The van der Waals surface area contributed by atoms with E-state index in [1.165, 1.54) is 18.2 Å². The molecule has 1 N–H and O–H groups in total. The number of ketones is 3. The first-order chi connectivity index (χ1) is 21.2. The van der Waals surface area contributed by atoms with Crippen molar-refractivity contribution in [2.45, 2.75) is 18.8 Å². The zero-order valence-corrected chi connectivity index (χ0v) is 24.6. The zero-order valence-electron chi connectivity index (χ0n) is 23.0. The van der Waals surface area contributed by atoms with Gasteiger partial charge in [-0.15, -0.1) is 0 Å². The molecule has 1 heterocycles. The van der Waals surface area contributed by atoms with Gasteiger partial charge in [0.05, 0.1) is 22.0 Å². The fourth-order valence-corrected chi connectivity index (χ4v) is 7.51. The van der Waals surface area contributed by atoms with Crippen molar-refractivity contribution >= 4 is 50.8 Å². The van der Waals surface area contributed by atoms with Crippen LogP contribution in [-0.4, -0.2) is 34.3 Å². The molecular formula is C35H23BrFNO6. The van der Waals surface area contributed by atoms with Crippen LogP contribution < -0.4 is 4.90 Å². The van der Waals surface area contributed by atoms with Crippen LogP contribution in [-0.2, 0) is 19.2 Å². The summed E-state index contributed by atoms with van der Waals surface area (Å²) < 4.78 is 14.7. The van der Waals surface area contributed by atoms with E-state index >= 15 is 0 Å². The Morgan fingerprint density at radius 1 is 0.886 bits per heavy atom. The van der Waals surface area contributed by atoms with E-state index in [-0.39, 0.29) is 40.2 Å². The van der Waals surface area contributed by atoms with Crippen molar-refractivity contribution in [1.82, 2.24) is 0 Å². The normalized spacial score (nSPS) is 24.5. The number of imide groups is 1. The summed E-state index contributed by atoms with van der Waals surface area (Å²) in [5, 5.41) is 9.82. The fourth-order valence-electron chi connectivity index (χ4n) is 7.06. The summed E-state index contributed by atoms with van der Waals surface area (Å²) in [4.78, 5) is 68.5. The lowest BCUT2D eigenvalue weighted by Gasteiger charge is -2.42.